The molecule has 0 radical (unpaired) electrons. The number of hydrogen-bond donors (Lipinski definition) is 0. The van der Waals surface area contributed by atoms with E-state index in [9.17, 15) is 0 Å². The minimum Gasteiger partial charge on any atom is -0.359 e. The van der Waals surface area contributed by atoms with Crippen LogP contribution < -0.4 is 4.90 Å². The molecule has 1 aromatic rings. The predicted octanol–water partition coefficient (Wildman–Crippen LogP) is 3.12. The van der Waals surface area contributed by atoms with E-state index in [-0.39, 0.29) is 5.41 Å². The molecular formula is C15H27ClN4. The van der Waals surface area contributed by atoms with Gasteiger partial charge in [-0.1, -0.05) is 32.4 Å². The van der Waals surface area contributed by atoms with Crippen LogP contribution >= 0.6 is 11.6 Å². The predicted molar refractivity (Wildman–Crippen MR) is 86.9 cm³/mol. The van der Waals surface area contributed by atoms with Crippen LogP contribution in [0.15, 0.2) is 0 Å². The van der Waals surface area contributed by atoms with Gasteiger partial charge in [0.1, 0.15) is 16.8 Å². The van der Waals surface area contributed by atoms with Crippen molar-refractivity contribution >= 4 is 17.4 Å². The second-order valence-corrected chi connectivity index (χ2v) is 6.97. The maximum absolute atomic E-state index is 6.27. The molecule has 5 heteroatoms. The average molecular weight is 299 g/mol. The molecule has 1 rings (SSSR count). The SMILES string of the molecule is Cc1c(Cl)nc(C(C)(C)C)nc1N(C)CCCN(C)C. The van der Waals surface area contributed by atoms with Gasteiger partial charge in [-0.3, -0.25) is 0 Å². The maximum atomic E-state index is 6.27. The number of nitrogens with zero attached hydrogens (tertiary/aromatic N) is 4. The van der Waals surface area contributed by atoms with Crippen molar-refractivity contribution in [1.82, 2.24) is 14.9 Å². The van der Waals surface area contributed by atoms with Crippen LogP contribution in [0.3, 0.4) is 0 Å². The largest absolute Gasteiger partial charge is 0.359 e. The van der Waals surface area contributed by atoms with Gasteiger partial charge >= 0.3 is 0 Å². The smallest absolute Gasteiger partial charge is 0.137 e. The minimum absolute atomic E-state index is 0.101. The Labute approximate surface area is 128 Å². The molecule has 20 heavy (non-hydrogen) atoms. The van der Waals surface area contributed by atoms with E-state index in [0.29, 0.717) is 5.15 Å². The molecule has 0 fully saturated rings. The summed E-state index contributed by atoms with van der Waals surface area (Å²) in [6.07, 6.45) is 1.09. The van der Waals surface area contributed by atoms with E-state index in [1.54, 1.807) is 0 Å². The van der Waals surface area contributed by atoms with Gasteiger partial charge in [-0.15, -0.1) is 0 Å². The lowest BCUT2D eigenvalue weighted by Gasteiger charge is -2.25. The summed E-state index contributed by atoms with van der Waals surface area (Å²) in [4.78, 5) is 13.5. The van der Waals surface area contributed by atoms with Gasteiger partial charge in [0, 0.05) is 24.6 Å². The molecule has 0 saturated heterocycles. The Morgan fingerprint density at radius 2 is 1.65 bits per heavy atom. The highest BCUT2D eigenvalue weighted by molar-refractivity contribution is 6.30. The van der Waals surface area contributed by atoms with E-state index in [1.165, 1.54) is 0 Å². The van der Waals surface area contributed by atoms with Crippen LogP contribution in [-0.2, 0) is 5.41 Å². The second kappa shape index (κ2) is 6.72. The van der Waals surface area contributed by atoms with Gasteiger partial charge in [0.15, 0.2) is 0 Å². The molecule has 0 N–H and O–H groups in total. The molecule has 0 aliphatic carbocycles. The van der Waals surface area contributed by atoms with E-state index >= 15 is 0 Å². The molecule has 0 spiro atoms. The Bertz CT molecular complexity index is 452. The fraction of sp³-hybridized carbons (Fsp3) is 0.733. The fourth-order valence-electron chi connectivity index (χ4n) is 1.92. The Hall–Kier alpha value is -0.870. The van der Waals surface area contributed by atoms with Crippen LogP contribution in [0.2, 0.25) is 5.15 Å². The van der Waals surface area contributed by atoms with Gasteiger partial charge in [-0.05, 0) is 34.0 Å². The van der Waals surface area contributed by atoms with Crippen molar-refractivity contribution in [3.63, 3.8) is 0 Å². The zero-order valence-electron chi connectivity index (χ0n) is 13.8. The zero-order valence-corrected chi connectivity index (χ0v) is 14.5. The molecule has 0 aliphatic rings. The third-order valence-corrected chi connectivity index (χ3v) is 3.56. The molecule has 0 saturated carbocycles. The summed E-state index contributed by atoms with van der Waals surface area (Å²) < 4.78 is 0. The lowest BCUT2D eigenvalue weighted by molar-refractivity contribution is 0.401. The third kappa shape index (κ3) is 4.60. The summed E-state index contributed by atoms with van der Waals surface area (Å²) in [7, 11) is 6.24. The Balaban J connectivity index is 2.95. The van der Waals surface area contributed by atoms with Crippen molar-refractivity contribution in [2.75, 3.05) is 39.1 Å². The van der Waals surface area contributed by atoms with Gasteiger partial charge in [0.2, 0.25) is 0 Å². The van der Waals surface area contributed by atoms with Crippen molar-refractivity contribution in [3.8, 4) is 0 Å². The molecule has 0 bridgehead atoms. The molecule has 0 atom stereocenters. The first-order valence-electron chi connectivity index (χ1n) is 7.03. The number of aromatic nitrogens is 2. The summed E-state index contributed by atoms with van der Waals surface area (Å²) in [5.41, 5.74) is 0.850. The Morgan fingerprint density at radius 1 is 1.05 bits per heavy atom. The molecule has 0 aliphatic heterocycles. The standard InChI is InChI=1S/C15H27ClN4/c1-11-12(16)17-14(15(2,3)4)18-13(11)20(7)10-8-9-19(5)6/h8-10H2,1-7H3. The van der Waals surface area contributed by atoms with Crippen LogP contribution in [0.1, 0.15) is 38.6 Å². The quantitative estimate of drug-likeness (QED) is 0.782. The third-order valence-electron chi connectivity index (χ3n) is 3.19. The van der Waals surface area contributed by atoms with Crippen LogP contribution in [0.25, 0.3) is 0 Å². The van der Waals surface area contributed by atoms with Gasteiger partial charge in [0.25, 0.3) is 0 Å². The minimum atomic E-state index is -0.101. The highest BCUT2D eigenvalue weighted by atomic mass is 35.5. The topological polar surface area (TPSA) is 32.3 Å². The van der Waals surface area contributed by atoms with Crippen molar-refractivity contribution in [3.05, 3.63) is 16.5 Å². The Morgan fingerprint density at radius 3 is 2.15 bits per heavy atom. The number of rotatable bonds is 5. The van der Waals surface area contributed by atoms with E-state index in [0.717, 1.165) is 36.7 Å². The zero-order chi connectivity index (χ0) is 15.5. The van der Waals surface area contributed by atoms with Crippen LogP contribution in [-0.4, -0.2) is 49.1 Å². The van der Waals surface area contributed by atoms with Gasteiger partial charge < -0.3 is 9.80 Å². The van der Waals surface area contributed by atoms with Gasteiger partial charge in [0.05, 0.1) is 0 Å². The normalized spacial score (nSPS) is 12.1. The Kier molecular flexibility index (Phi) is 5.78. The molecule has 4 nitrogen and oxygen atoms in total. The molecule has 114 valence electrons. The summed E-state index contributed by atoms with van der Waals surface area (Å²) in [6, 6.07) is 0. The molecule has 1 heterocycles. The van der Waals surface area contributed by atoms with Crippen LogP contribution in [0.4, 0.5) is 5.82 Å². The van der Waals surface area contributed by atoms with Crippen LogP contribution in [0, 0.1) is 6.92 Å². The summed E-state index contributed by atoms with van der Waals surface area (Å²) in [5, 5.41) is 0.555. The molecule has 1 aromatic heterocycles. The number of halogens is 1. The van der Waals surface area contributed by atoms with Crippen molar-refractivity contribution in [2.24, 2.45) is 0 Å². The van der Waals surface area contributed by atoms with Crippen LogP contribution in [0.5, 0.6) is 0 Å². The molecule has 0 unspecified atom stereocenters. The van der Waals surface area contributed by atoms with E-state index < -0.39 is 0 Å². The first-order valence-corrected chi connectivity index (χ1v) is 7.41. The lowest BCUT2D eigenvalue weighted by atomic mass is 9.95. The second-order valence-electron chi connectivity index (χ2n) is 6.62. The van der Waals surface area contributed by atoms with E-state index in [4.69, 9.17) is 16.6 Å². The molecule has 0 aromatic carbocycles. The first kappa shape index (κ1) is 17.2. The first-order chi connectivity index (χ1) is 9.12. The van der Waals surface area contributed by atoms with E-state index in [1.807, 2.05) is 6.92 Å². The average Bonchev–Trinajstić information content (AvgIpc) is 2.30. The monoisotopic (exact) mass is 298 g/mol. The highest BCUT2D eigenvalue weighted by Gasteiger charge is 2.21. The maximum Gasteiger partial charge on any atom is 0.137 e. The molecule has 0 amide bonds. The van der Waals surface area contributed by atoms with E-state index in [2.05, 4.69) is 56.7 Å². The molecular weight excluding hydrogens is 272 g/mol. The van der Waals surface area contributed by atoms with Crippen molar-refractivity contribution < 1.29 is 0 Å². The fourth-order valence-corrected chi connectivity index (χ4v) is 2.08. The van der Waals surface area contributed by atoms with Crippen molar-refractivity contribution in [2.45, 2.75) is 39.5 Å². The number of hydrogen-bond acceptors (Lipinski definition) is 4. The van der Waals surface area contributed by atoms with Crippen molar-refractivity contribution in [1.29, 1.82) is 0 Å². The lowest BCUT2D eigenvalue weighted by Crippen LogP contribution is -2.26. The summed E-state index contributed by atoms with van der Waals surface area (Å²) >= 11 is 6.27. The van der Waals surface area contributed by atoms with Gasteiger partial charge in [-0.25, -0.2) is 9.97 Å². The van der Waals surface area contributed by atoms with Gasteiger partial charge in [-0.2, -0.15) is 0 Å². The number of anilines is 1. The summed E-state index contributed by atoms with van der Waals surface area (Å²) in [6.45, 7) is 10.3. The highest BCUT2D eigenvalue weighted by Crippen LogP contribution is 2.27. The summed E-state index contributed by atoms with van der Waals surface area (Å²) in [5.74, 6) is 1.73.